The van der Waals surface area contributed by atoms with Crippen LogP contribution in [-0.4, -0.2) is 34.8 Å². The Kier molecular flexibility index (Phi) is 5.43. The van der Waals surface area contributed by atoms with Gasteiger partial charge < -0.3 is 10.6 Å². The molecule has 0 aromatic heterocycles. The molecule has 0 unspecified atom stereocenters. The van der Waals surface area contributed by atoms with E-state index in [1.165, 1.54) is 0 Å². The molecule has 3 N–H and O–H groups in total. The van der Waals surface area contributed by atoms with Gasteiger partial charge >= 0.3 is 0 Å². The first-order valence-corrected chi connectivity index (χ1v) is 7.58. The monoisotopic (exact) mass is 271 g/mol. The lowest BCUT2D eigenvalue weighted by molar-refractivity contribution is 0.597. The van der Waals surface area contributed by atoms with Gasteiger partial charge in [0.1, 0.15) is 0 Å². The van der Waals surface area contributed by atoms with E-state index in [9.17, 15) is 8.42 Å². The lowest BCUT2D eigenvalue weighted by atomic mass is 10.3. The SMILES string of the molecule is CN(C)c1ccc(NS(=O)(=O)CCCCN)cc1. The van der Waals surface area contributed by atoms with Crippen LogP contribution in [0, 0.1) is 0 Å². The van der Waals surface area contributed by atoms with E-state index >= 15 is 0 Å². The van der Waals surface area contributed by atoms with Gasteiger partial charge in [0.05, 0.1) is 5.75 Å². The van der Waals surface area contributed by atoms with Crippen LogP contribution in [0.25, 0.3) is 0 Å². The van der Waals surface area contributed by atoms with E-state index in [-0.39, 0.29) is 5.75 Å². The van der Waals surface area contributed by atoms with Crippen LogP contribution in [0.1, 0.15) is 12.8 Å². The minimum atomic E-state index is -3.26. The maximum absolute atomic E-state index is 11.7. The molecule has 0 amide bonds. The fraction of sp³-hybridized carbons (Fsp3) is 0.500. The summed E-state index contributed by atoms with van der Waals surface area (Å²) in [6.07, 6.45) is 1.31. The third-order valence-electron chi connectivity index (χ3n) is 2.52. The number of unbranched alkanes of at least 4 members (excludes halogenated alkanes) is 1. The van der Waals surface area contributed by atoms with E-state index in [1.807, 2.05) is 31.1 Å². The maximum Gasteiger partial charge on any atom is 0.232 e. The predicted molar refractivity (Wildman–Crippen MR) is 76.5 cm³/mol. The van der Waals surface area contributed by atoms with Crippen LogP contribution < -0.4 is 15.4 Å². The number of nitrogens with two attached hydrogens (primary N) is 1. The number of hydrogen-bond acceptors (Lipinski definition) is 4. The second-order valence-electron chi connectivity index (χ2n) is 4.36. The Morgan fingerprint density at radius 3 is 2.28 bits per heavy atom. The highest BCUT2D eigenvalue weighted by Gasteiger charge is 2.09. The summed E-state index contributed by atoms with van der Waals surface area (Å²) in [4.78, 5) is 1.96. The number of benzene rings is 1. The number of hydrogen-bond donors (Lipinski definition) is 2. The molecule has 6 heteroatoms. The van der Waals surface area contributed by atoms with Crippen molar-refractivity contribution in [2.24, 2.45) is 5.73 Å². The molecular weight excluding hydrogens is 250 g/mol. The lowest BCUT2D eigenvalue weighted by Crippen LogP contribution is -2.17. The molecule has 18 heavy (non-hydrogen) atoms. The smallest absolute Gasteiger partial charge is 0.232 e. The number of nitrogens with zero attached hydrogens (tertiary/aromatic N) is 1. The highest BCUT2D eigenvalue weighted by molar-refractivity contribution is 7.92. The molecule has 0 aliphatic heterocycles. The number of rotatable bonds is 7. The van der Waals surface area contributed by atoms with Crippen LogP contribution in [0.2, 0.25) is 0 Å². The summed E-state index contributed by atoms with van der Waals surface area (Å²) in [5.74, 6) is 0.111. The van der Waals surface area contributed by atoms with Crippen molar-refractivity contribution in [2.75, 3.05) is 36.0 Å². The summed E-state index contributed by atoms with van der Waals surface area (Å²) in [7, 11) is 0.614. The summed E-state index contributed by atoms with van der Waals surface area (Å²) in [6, 6.07) is 7.26. The van der Waals surface area contributed by atoms with Crippen LogP contribution in [0.3, 0.4) is 0 Å². The Bertz CT molecular complexity index is 455. The van der Waals surface area contributed by atoms with Gasteiger partial charge in [0.25, 0.3) is 0 Å². The van der Waals surface area contributed by atoms with Crippen molar-refractivity contribution in [1.82, 2.24) is 0 Å². The van der Waals surface area contributed by atoms with E-state index in [4.69, 9.17) is 5.73 Å². The van der Waals surface area contributed by atoms with Crippen molar-refractivity contribution in [3.63, 3.8) is 0 Å². The van der Waals surface area contributed by atoms with E-state index in [0.717, 1.165) is 12.1 Å². The average molecular weight is 271 g/mol. The molecule has 5 nitrogen and oxygen atoms in total. The van der Waals surface area contributed by atoms with Crippen LogP contribution >= 0.6 is 0 Å². The molecule has 0 spiro atoms. The molecule has 0 aliphatic rings. The van der Waals surface area contributed by atoms with Gasteiger partial charge in [-0.05, 0) is 43.7 Å². The number of sulfonamides is 1. The molecule has 102 valence electrons. The van der Waals surface area contributed by atoms with Gasteiger partial charge in [-0.3, -0.25) is 4.72 Å². The van der Waals surface area contributed by atoms with Crippen LogP contribution in [-0.2, 0) is 10.0 Å². The van der Waals surface area contributed by atoms with E-state index in [0.29, 0.717) is 18.7 Å². The van der Waals surface area contributed by atoms with Gasteiger partial charge in [-0.2, -0.15) is 0 Å². The predicted octanol–water partition coefficient (Wildman–Crippen LogP) is 1.23. The minimum Gasteiger partial charge on any atom is -0.378 e. The first-order valence-electron chi connectivity index (χ1n) is 5.92. The molecular formula is C12H21N3O2S. The van der Waals surface area contributed by atoms with Crippen LogP contribution in [0.15, 0.2) is 24.3 Å². The molecule has 0 saturated carbocycles. The Balaban J connectivity index is 2.61. The van der Waals surface area contributed by atoms with Crippen molar-refractivity contribution < 1.29 is 8.42 Å². The van der Waals surface area contributed by atoms with E-state index in [1.54, 1.807) is 12.1 Å². The molecule has 0 heterocycles. The van der Waals surface area contributed by atoms with Crippen molar-refractivity contribution >= 4 is 21.4 Å². The third kappa shape index (κ3) is 4.93. The fourth-order valence-electron chi connectivity index (χ4n) is 1.49. The summed E-state index contributed by atoms with van der Waals surface area (Å²) < 4.78 is 26.0. The van der Waals surface area contributed by atoms with Gasteiger partial charge in [0.15, 0.2) is 0 Å². The highest BCUT2D eigenvalue weighted by atomic mass is 32.2. The average Bonchev–Trinajstić information content (AvgIpc) is 2.29. The summed E-state index contributed by atoms with van der Waals surface area (Å²) in [6.45, 7) is 0.521. The molecule has 0 atom stereocenters. The summed E-state index contributed by atoms with van der Waals surface area (Å²) in [5.41, 5.74) is 6.96. The Hall–Kier alpha value is -1.27. The Morgan fingerprint density at radius 1 is 1.17 bits per heavy atom. The Labute approximate surface area is 109 Å². The third-order valence-corrected chi connectivity index (χ3v) is 3.90. The molecule has 0 radical (unpaired) electrons. The summed E-state index contributed by atoms with van der Waals surface area (Å²) in [5, 5.41) is 0. The first kappa shape index (κ1) is 14.8. The molecule has 1 rings (SSSR count). The van der Waals surface area contributed by atoms with Crippen molar-refractivity contribution in [3.8, 4) is 0 Å². The summed E-state index contributed by atoms with van der Waals surface area (Å²) >= 11 is 0. The lowest BCUT2D eigenvalue weighted by Gasteiger charge is -2.13. The fourth-order valence-corrected chi connectivity index (χ4v) is 2.68. The normalized spacial score (nSPS) is 11.3. The molecule has 0 aliphatic carbocycles. The zero-order valence-corrected chi connectivity index (χ0v) is 11.7. The van der Waals surface area contributed by atoms with Crippen molar-refractivity contribution in [1.29, 1.82) is 0 Å². The van der Waals surface area contributed by atoms with Gasteiger partial charge in [-0.1, -0.05) is 0 Å². The molecule has 0 bridgehead atoms. The minimum absolute atomic E-state index is 0.111. The van der Waals surface area contributed by atoms with Gasteiger partial charge in [-0.25, -0.2) is 8.42 Å². The van der Waals surface area contributed by atoms with Gasteiger partial charge in [-0.15, -0.1) is 0 Å². The second-order valence-corrected chi connectivity index (χ2v) is 6.20. The quantitative estimate of drug-likeness (QED) is 0.731. The van der Waals surface area contributed by atoms with Crippen LogP contribution in [0.4, 0.5) is 11.4 Å². The Morgan fingerprint density at radius 2 is 1.78 bits per heavy atom. The van der Waals surface area contributed by atoms with E-state index < -0.39 is 10.0 Å². The zero-order valence-electron chi connectivity index (χ0n) is 10.9. The first-order chi connectivity index (χ1) is 8.44. The number of nitrogens with one attached hydrogen (secondary N) is 1. The van der Waals surface area contributed by atoms with E-state index in [2.05, 4.69) is 4.72 Å². The van der Waals surface area contributed by atoms with Crippen LogP contribution in [0.5, 0.6) is 0 Å². The largest absolute Gasteiger partial charge is 0.378 e. The van der Waals surface area contributed by atoms with Crippen molar-refractivity contribution in [2.45, 2.75) is 12.8 Å². The van der Waals surface area contributed by atoms with Gasteiger partial charge in [0, 0.05) is 25.5 Å². The second kappa shape index (κ2) is 6.61. The topological polar surface area (TPSA) is 75.4 Å². The highest BCUT2D eigenvalue weighted by Crippen LogP contribution is 2.16. The van der Waals surface area contributed by atoms with Crippen molar-refractivity contribution in [3.05, 3.63) is 24.3 Å². The molecule has 1 aromatic carbocycles. The molecule has 0 fully saturated rings. The molecule has 1 aromatic rings. The molecule has 0 saturated heterocycles. The van der Waals surface area contributed by atoms with Gasteiger partial charge in [0.2, 0.25) is 10.0 Å². The maximum atomic E-state index is 11.7. The zero-order chi connectivity index (χ0) is 13.6. The standard InChI is InChI=1S/C12H21N3O2S/c1-15(2)12-7-5-11(6-8-12)14-18(16,17)10-4-3-9-13/h5-8,14H,3-4,9-10,13H2,1-2H3. The number of anilines is 2.